The van der Waals surface area contributed by atoms with E-state index < -0.39 is 64.9 Å². The molecule has 0 aromatic rings. The minimum Gasteiger partial charge on any atom is -0.459 e. The largest absolute Gasteiger partial charge is 0.459 e. The van der Waals surface area contributed by atoms with Crippen molar-refractivity contribution < 1.29 is 48.0 Å². The summed E-state index contributed by atoms with van der Waals surface area (Å²) in [7, 11) is 0. The molecular weight excluding hydrogens is 520 g/mol. The van der Waals surface area contributed by atoms with Crippen LogP contribution in [0, 0.1) is 5.92 Å². The minimum absolute atomic E-state index is 0.0223. The van der Waals surface area contributed by atoms with E-state index in [9.17, 15) is 24.3 Å². The van der Waals surface area contributed by atoms with Crippen LogP contribution in [-0.2, 0) is 42.9 Å². The molecule has 2 heterocycles. The zero-order valence-electron chi connectivity index (χ0n) is 24.9. The summed E-state index contributed by atoms with van der Waals surface area (Å²) in [6.07, 6.45) is 3.27. The number of esters is 4. The van der Waals surface area contributed by atoms with Gasteiger partial charge in [-0.1, -0.05) is 17.7 Å². The second-order valence-electron chi connectivity index (χ2n) is 11.6. The summed E-state index contributed by atoms with van der Waals surface area (Å²) in [5.74, 6) is -4.17. The second-order valence-corrected chi connectivity index (χ2v) is 11.6. The van der Waals surface area contributed by atoms with Gasteiger partial charge in [-0.2, -0.15) is 0 Å². The second kappa shape index (κ2) is 11.5. The Balaban J connectivity index is 2.01. The van der Waals surface area contributed by atoms with Crippen LogP contribution in [0.15, 0.2) is 34.9 Å². The fraction of sp³-hybridized carbons (Fsp3) is 0.667. The number of carbonyl (C=O) groups is 4. The molecule has 0 bridgehead atoms. The Hall–Kier alpha value is -2.98. The summed E-state index contributed by atoms with van der Waals surface area (Å²) in [6.45, 7) is 14.3. The summed E-state index contributed by atoms with van der Waals surface area (Å²) in [5, 5.41) is 11.1. The Bertz CT molecular complexity index is 1150. The van der Waals surface area contributed by atoms with E-state index in [1.807, 2.05) is 13.8 Å². The molecule has 1 aliphatic carbocycles. The minimum atomic E-state index is -2.23. The maximum Gasteiger partial charge on any atom is 0.351 e. The predicted octanol–water partition coefficient (Wildman–Crippen LogP) is 3.64. The number of allylic oxidation sites excluding steroid dienone is 3. The number of hydrogen-bond acceptors (Lipinski definition) is 10. The molecule has 2 aliphatic heterocycles. The molecule has 2 saturated heterocycles. The van der Waals surface area contributed by atoms with Gasteiger partial charge in [-0.3, -0.25) is 0 Å². The number of ether oxygens (including phenoxy) is 5. The van der Waals surface area contributed by atoms with Crippen molar-refractivity contribution in [2.45, 2.75) is 123 Å². The summed E-state index contributed by atoms with van der Waals surface area (Å²) >= 11 is 0. The highest BCUT2D eigenvalue weighted by Crippen LogP contribution is 2.50. The summed E-state index contributed by atoms with van der Waals surface area (Å²) in [6, 6.07) is 0. The SMILES string of the molecule is C/C=C(/C)C(=O)OC(C)C(C)(O)C(=O)O[C@@H]1/C=C(\C)CC[C@H]2O[C@@]2(C)C[C@H]2OC(=O)[C@](C)(OC(=O)/C(C)=C\C)[C@H]12. The molecule has 1 N–H and O–H groups in total. The van der Waals surface area contributed by atoms with Crippen LogP contribution in [0.1, 0.15) is 81.6 Å². The number of hydrogen-bond donors (Lipinski definition) is 1. The third-order valence-electron chi connectivity index (χ3n) is 8.49. The van der Waals surface area contributed by atoms with Crippen molar-refractivity contribution in [3.8, 4) is 0 Å². The fourth-order valence-electron chi connectivity index (χ4n) is 5.08. The van der Waals surface area contributed by atoms with Crippen LogP contribution in [0.3, 0.4) is 0 Å². The van der Waals surface area contributed by atoms with Crippen LogP contribution in [0.5, 0.6) is 0 Å². The van der Waals surface area contributed by atoms with Gasteiger partial charge in [-0.05, 0) is 81.2 Å². The lowest BCUT2D eigenvalue weighted by molar-refractivity contribution is -0.190. The first kappa shape index (κ1) is 31.5. The average molecular weight is 563 g/mol. The van der Waals surface area contributed by atoms with Crippen LogP contribution in [-0.4, -0.2) is 70.2 Å². The molecule has 10 heteroatoms. The molecule has 222 valence electrons. The van der Waals surface area contributed by atoms with E-state index in [1.165, 1.54) is 20.8 Å². The highest BCUT2D eigenvalue weighted by Gasteiger charge is 2.65. The molecule has 40 heavy (non-hydrogen) atoms. The van der Waals surface area contributed by atoms with Crippen molar-refractivity contribution in [1.82, 2.24) is 0 Å². The molecule has 10 nitrogen and oxygen atoms in total. The number of aliphatic hydroxyl groups is 1. The van der Waals surface area contributed by atoms with Gasteiger partial charge in [0.15, 0.2) is 5.60 Å². The highest BCUT2D eigenvalue weighted by molar-refractivity contribution is 5.92. The van der Waals surface area contributed by atoms with Gasteiger partial charge < -0.3 is 28.8 Å². The molecule has 3 rings (SSSR count). The van der Waals surface area contributed by atoms with Gasteiger partial charge in [0.2, 0.25) is 5.60 Å². The molecule has 3 aliphatic rings. The smallest absolute Gasteiger partial charge is 0.351 e. The van der Waals surface area contributed by atoms with Gasteiger partial charge in [0.05, 0.1) is 17.6 Å². The van der Waals surface area contributed by atoms with Gasteiger partial charge in [-0.15, -0.1) is 0 Å². The Morgan fingerprint density at radius 3 is 2.35 bits per heavy atom. The number of carbonyl (C=O) groups excluding carboxylic acids is 4. The van der Waals surface area contributed by atoms with E-state index in [-0.39, 0.29) is 6.10 Å². The molecule has 0 amide bonds. The van der Waals surface area contributed by atoms with Crippen molar-refractivity contribution >= 4 is 23.9 Å². The molecule has 0 spiro atoms. The van der Waals surface area contributed by atoms with Gasteiger partial charge in [0.1, 0.15) is 18.3 Å². The van der Waals surface area contributed by atoms with Crippen LogP contribution in [0.4, 0.5) is 0 Å². The third-order valence-corrected chi connectivity index (χ3v) is 8.49. The standard InChI is InChI=1S/C30H42O10/c1-10-17(4)24(31)36-19(6)29(8,35)26(33)37-20-14-16(3)12-13-22-28(7,39-22)15-21-23(20)30(9,27(34)38-21)40-25(32)18(5)11-2/h10-11,14,19-23,35H,12-13,15H2,1-9H3/b16-14+,17-10-,18-11-/t19?,20-,21-,22-,23-,28+,29?,30-/m1/s1. The zero-order valence-corrected chi connectivity index (χ0v) is 24.9. The van der Waals surface area contributed by atoms with Crippen LogP contribution in [0.2, 0.25) is 0 Å². The Morgan fingerprint density at radius 2 is 1.75 bits per heavy atom. The molecule has 0 radical (unpaired) electrons. The molecule has 0 aromatic heterocycles. The topological polar surface area (TPSA) is 138 Å². The first-order valence-corrected chi connectivity index (χ1v) is 13.7. The number of epoxide rings is 1. The summed E-state index contributed by atoms with van der Waals surface area (Å²) in [5.41, 5.74) is -3.12. The van der Waals surface area contributed by atoms with E-state index in [1.54, 1.807) is 45.9 Å². The Labute approximate surface area is 235 Å². The van der Waals surface area contributed by atoms with E-state index in [4.69, 9.17) is 23.7 Å². The van der Waals surface area contributed by atoms with Crippen LogP contribution < -0.4 is 0 Å². The maximum absolute atomic E-state index is 13.5. The van der Waals surface area contributed by atoms with E-state index in [2.05, 4.69) is 0 Å². The molecule has 0 saturated carbocycles. The summed E-state index contributed by atoms with van der Waals surface area (Å²) in [4.78, 5) is 51.9. The monoisotopic (exact) mass is 562 g/mol. The first-order valence-electron chi connectivity index (χ1n) is 13.7. The van der Waals surface area contributed by atoms with Crippen molar-refractivity contribution in [2.24, 2.45) is 5.92 Å². The van der Waals surface area contributed by atoms with Gasteiger partial charge in [0, 0.05) is 17.6 Å². The van der Waals surface area contributed by atoms with Crippen molar-refractivity contribution in [3.63, 3.8) is 0 Å². The summed E-state index contributed by atoms with van der Waals surface area (Å²) < 4.78 is 28.7. The highest BCUT2D eigenvalue weighted by atomic mass is 16.6. The third kappa shape index (κ3) is 6.17. The Morgan fingerprint density at radius 1 is 1.15 bits per heavy atom. The fourth-order valence-corrected chi connectivity index (χ4v) is 5.08. The average Bonchev–Trinajstić information content (AvgIpc) is 3.46. The van der Waals surface area contributed by atoms with Gasteiger partial charge >= 0.3 is 23.9 Å². The number of fused-ring (bicyclic) bond motifs is 2. The predicted molar refractivity (Wildman–Crippen MR) is 144 cm³/mol. The van der Waals surface area contributed by atoms with E-state index in [0.29, 0.717) is 24.0 Å². The molecule has 8 atom stereocenters. The van der Waals surface area contributed by atoms with E-state index >= 15 is 0 Å². The maximum atomic E-state index is 13.5. The lowest BCUT2D eigenvalue weighted by atomic mass is 9.77. The quantitative estimate of drug-likeness (QED) is 0.161. The molecular formula is C30H42O10. The first-order chi connectivity index (χ1) is 18.5. The van der Waals surface area contributed by atoms with Gasteiger partial charge in [-0.25, -0.2) is 19.2 Å². The van der Waals surface area contributed by atoms with Crippen LogP contribution >= 0.6 is 0 Å². The normalized spacial score (nSPS) is 36.0. The Kier molecular flexibility index (Phi) is 9.06. The molecule has 2 unspecified atom stereocenters. The van der Waals surface area contributed by atoms with Crippen molar-refractivity contribution in [3.05, 3.63) is 34.9 Å². The van der Waals surface area contributed by atoms with Crippen LogP contribution in [0.25, 0.3) is 0 Å². The molecule has 2 fully saturated rings. The van der Waals surface area contributed by atoms with Gasteiger partial charge in [0.25, 0.3) is 0 Å². The zero-order chi connectivity index (χ0) is 30.2. The number of rotatable bonds is 7. The lowest BCUT2D eigenvalue weighted by Gasteiger charge is -2.36. The lowest BCUT2D eigenvalue weighted by Crippen LogP contribution is -2.54. The van der Waals surface area contributed by atoms with Crippen molar-refractivity contribution in [2.75, 3.05) is 0 Å². The molecule has 0 aromatic carbocycles. The van der Waals surface area contributed by atoms with Crippen molar-refractivity contribution in [1.29, 1.82) is 0 Å². The van der Waals surface area contributed by atoms with E-state index in [0.717, 1.165) is 12.0 Å².